The molecule has 0 radical (unpaired) electrons. The first-order valence-electron chi connectivity index (χ1n) is 4.31. The molecule has 0 saturated heterocycles. The molecule has 1 aromatic rings. The van der Waals surface area contributed by atoms with E-state index in [0.29, 0.717) is 0 Å². The fourth-order valence-corrected chi connectivity index (χ4v) is 1.15. The smallest absolute Gasteiger partial charge is 0.323 e. The van der Waals surface area contributed by atoms with Gasteiger partial charge in [0.25, 0.3) is 0 Å². The number of carbonyl (C=O) groups is 1. The summed E-state index contributed by atoms with van der Waals surface area (Å²) in [6, 6.07) is 7.92. The fraction of sp³-hybridized carbons (Fsp3) is 0.300. The minimum Gasteiger partial charge on any atom is -0.480 e. The van der Waals surface area contributed by atoms with Crippen molar-refractivity contribution in [3.05, 3.63) is 35.9 Å². The summed E-state index contributed by atoms with van der Waals surface area (Å²) >= 11 is 0. The van der Waals surface area contributed by atoms with Crippen molar-refractivity contribution in [1.82, 2.24) is 0 Å². The van der Waals surface area contributed by atoms with Crippen molar-refractivity contribution in [2.75, 3.05) is 0 Å². The molecular formula is C10H13NO3. The van der Waals surface area contributed by atoms with E-state index in [1.165, 1.54) is 0 Å². The van der Waals surface area contributed by atoms with Crippen LogP contribution in [0.25, 0.3) is 0 Å². The predicted octanol–water partition coefficient (Wildman–Crippen LogP) is 0.00190. The molecule has 1 aromatic carbocycles. The zero-order valence-electron chi connectivity index (χ0n) is 7.63. The van der Waals surface area contributed by atoms with Crippen LogP contribution in [-0.2, 0) is 11.2 Å². The Labute approximate surface area is 82.0 Å². The van der Waals surface area contributed by atoms with Crippen molar-refractivity contribution in [3.8, 4) is 0 Å². The first-order valence-corrected chi connectivity index (χ1v) is 4.31. The number of hydrogen-bond donors (Lipinski definition) is 3. The maximum absolute atomic E-state index is 10.4. The third-order valence-corrected chi connectivity index (χ3v) is 1.99. The second kappa shape index (κ2) is 4.74. The van der Waals surface area contributed by atoms with Crippen LogP contribution in [0.4, 0.5) is 0 Å². The van der Waals surface area contributed by atoms with Gasteiger partial charge in [-0.1, -0.05) is 30.3 Å². The molecule has 0 bridgehead atoms. The van der Waals surface area contributed by atoms with Gasteiger partial charge in [0.15, 0.2) is 0 Å². The lowest BCUT2D eigenvalue weighted by atomic mass is 10.0. The summed E-state index contributed by atoms with van der Waals surface area (Å²) in [7, 11) is 0. The lowest BCUT2D eigenvalue weighted by Gasteiger charge is -2.14. The lowest BCUT2D eigenvalue weighted by molar-refractivity contribution is -0.141. The first kappa shape index (κ1) is 10.7. The standard InChI is InChI=1S/C10H13NO3/c11-9(10(13)14)8(12)6-7-4-2-1-3-5-7/h1-5,8-9,12H,6,11H2,(H,13,14)/t8?,9-/m0/s1. The van der Waals surface area contributed by atoms with Crippen LogP contribution in [0.1, 0.15) is 5.56 Å². The number of rotatable bonds is 4. The number of carboxylic acids is 1. The van der Waals surface area contributed by atoms with Gasteiger partial charge in [0.05, 0.1) is 6.10 Å². The van der Waals surface area contributed by atoms with E-state index in [0.717, 1.165) is 5.56 Å². The quantitative estimate of drug-likeness (QED) is 0.631. The minimum atomic E-state index is -1.23. The summed E-state index contributed by atoms with van der Waals surface area (Å²) in [6.07, 6.45) is -0.788. The number of aliphatic hydroxyl groups is 1. The Morgan fingerprint density at radius 1 is 1.36 bits per heavy atom. The van der Waals surface area contributed by atoms with E-state index < -0.39 is 18.1 Å². The zero-order valence-corrected chi connectivity index (χ0v) is 7.63. The average molecular weight is 195 g/mol. The molecule has 0 aliphatic heterocycles. The number of nitrogens with two attached hydrogens (primary N) is 1. The Balaban J connectivity index is 2.57. The molecular weight excluding hydrogens is 182 g/mol. The monoisotopic (exact) mass is 195 g/mol. The molecule has 14 heavy (non-hydrogen) atoms. The second-order valence-corrected chi connectivity index (χ2v) is 3.12. The second-order valence-electron chi connectivity index (χ2n) is 3.12. The van der Waals surface area contributed by atoms with Crippen molar-refractivity contribution in [1.29, 1.82) is 0 Å². The molecule has 1 rings (SSSR count). The number of aliphatic carboxylic acids is 1. The van der Waals surface area contributed by atoms with Gasteiger partial charge < -0.3 is 15.9 Å². The average Bonchev–Trinajstić information content (AvgIpc) is 2.18. The molecule has 2 atom stereocenters. The molecule has 0 amide bonds. The summed E-state index contributed by atoms with van der Waals surface area (Å²) in [5.74, 6) is -1.19. The van der Waals surface area contributed by atoms with E-state index in [1.807, 2.05) is 30.3 Å². The van der Waals surface area contributed by atoms with E-state index in [1.54, 1.807) is 0 Å². The van der Waals surface area contributed by atoms with Crippen LogP contribution in [0.15, 0.2) is 30.3 Å². The van der Waals surface area contributed by atoms with Gasteiger partial charge in [-0.05, 0) is 5.56 Å². The van der Waals surface area contributed by atoms with Crippen molar-refractivity contribution in [2.45, 2.75) is 18.6 Å². The summed E-state index contributed by atoms with van der Waals surface area (Å²) in [4.78, 5) is 10.4. The minimum absolute atomic E-state index is 0.258. The van der Waals surface area contributed by atoms with Crippen LogP contribution in [0.5, 0.6) is 0 Å². The molecule has 4 heteroatoms. The highest BCUT2D eigenvalue weighted by Gasteiger charge is 2.21. The number of carboxylic acid groups (broad SMARTS) is 1. The van der Waals surface area contributed by atoms with Gasteiger partial charge in [-0.25, -0.2) is 0 Å². The Morgan fingerprint density at radius 2 is 1.93 bits per heavy atom. The highest BCUT2D eigenvalue weighted by atomic mass is 16.4. The van der Waals surface area contributed by atoms with Gasteiger partial charge in [-0.3, -0.25) is 4.79 Å². The zero-order chi connectivity index (χ0) is 10.6. The molecule has 0 spiro atoms. The number of benzene rings is 1. The number of aliphatic hydroxyl groups excluding tert-OH is 1. The van der Waals surface area contributed by atoms with Crippen LogP contribution in [0.2, 0.25) is 0 Å². The van der Waals surface area contributed by atoms with Crippen LogP contribution in [0.3, 0.4) is 0 Å². The predicted molar refractivity (Wildman–Crippen MR) is 51.8 cm³/mol. The molecule has 76 valence electrons. The third kappa shape index (κ3) is 2.83. The van der Waals surface area contributed by atoms with Crippen molar-refractivity contribution >= 4 is 5.97 Å². The van der Waals surface area contributed by atoms with Gasteiger partial charge in [0, 0.05) is 6.42 Å². The van der Waals surface area contributed by atoms with E-state index in [-0.39, 0.29) is 6.42 Å². The van der Waals surface area contributed by atoms with E-state index in [9.17, 15) is 9.90 Å². The topological polar surface area (TPSA) is 83.6 Å². The molecule has 0 aromatic heterocycles. The normalized spacial score (nSPS) is 14.7. The Kier molecular flexibility index (Phi) is 3.62. The van der Waals surface area contributed by atoms with E-state index in [2.05, 4.69) is 0 Å². The molecule has 4 N–H and O–H groups in total. The molecule has 1 unspecified atom stereocenters. The van der Waals surface area contributed by atoms with Crippen LogP contribution in [-0.4, -0.2) is 28.3 Å². The van der Waals surface area contributed by atoms with Crippen molar-refractivity contribution in [2.24, 2.45) is 5.73 Å². The number of hydrogen-bond acceptors (Lipinski definition) is 3. The molecule has 0 fully saturated rings. The Hall–Kier alpha value is -1.39. The van der Waals surface area contributed by atoms with Gasteiger partial charge >= 0.3 is 5.97 Å². The molecule has 0 aliphatic rings. The summed E-state index contributed by atoms with van der Waals surface area (Å²) < 4.78 is 0. The van der Waals surface area contributed by atoms with E-state index >= 15 is 0 Å². The maximum atomic E-state index is 10.4. The van der Waals surface area contributed by atoms with Gasteiger partial charge in [-0.15, -0.1) is 0 Å². The van der Waals surface area contributed by atoms with Gasteiger partial charge in [0.1, 0.15) is 6.04 Å². The summed E-state index contributed by atoms with van der Waals surface area (Å²) in [6.45, 7) is 0. The highest BCUT2D eigenvalue weighted by Crippen LogP contribution is 2.04. The molecule has 0 aliphatic carbocycles. The van der Waals surface area contributed by atoms with Crippen LogP contribution in [0, 0.1) is 0 Å². The summed E-state index contributed by atoms with van der Waals surface area (Å²) in [5.41, 5.74) is 6.13. The Bertz CT molecular complexity index is 299. The Morgan fingerprint density at radius 3 is 2.43 bits per heavy atom. The largest absolute Gasteiger partial charge is 0.480 e. The first-order chi connectivity index (χ1) is 6.61. The van der Waals surface area contributed by atoms with Crippen LogP contribution < -0.4 is 5.73 Å². The van der Waals surface area contributed by atoms with Gasteiger partial charge in [0.2, 0.25) is 0 Å². The van der Waals surface area contributed by atoms with Crippen molar-refractivity contribution in [3.63, 3.8) is 0 Å². The van der Waals surface area contributed by atoms with E-state index in [4.69, 9.17) is 10.8 Å². The van der Waals surface area contributed by atoms with Crippen molar-refractivity contribution < 1.29 is 15.0 Å². The maximum Gasteiger partial charge on any atom is 0.323 e. The SMILES string of the molecule is N[C@H](C(=O)O)C(O)Cc1ccccc1. The lowest BCUT2D eigenvalue weighted by Crippen LogP contribution is -2.42. The van der Waals surface area contributed by atoms with Crippen LogP contribution >= 0.6 is 0 Å². The molecule has 0 saturated carbocycles. The molecule has 0 heterocycles. The third-order valence-electron chi connectivity index (χ3n) is 1.99. The molecule has 4 nitrogen and oxygen atoms in total. The fourth-order valence-electron chi connectivity index (χ4n) is 1.15. The summed E-state index contributed by atoms with van der Waals surface area (Å²) in [5, 5.41) is 18.0. The van der Waals surface area contributed by atoms with Gasteiger partial charge in [-0.2, -0.15) is 0 Å². The highest BCUT2D eigenvalue weighted by molar-refractivity contribution is 5.73.